The van der Waals surface area contributed by atoms with Gasteiger partial charge in [0.25, 0.3) is 5.91 Å². The number of hydrogen-bond donors (Lipinski definition) is 2. The van der Waals surface area contributed by atoms with E-state index in [2.05, 4.69) is 26.5 Å². The number of hydrogen-bond acceptors (Lipinski definition) is 3. The minimum absolute atomic E-state index is 0.477. The molecule has 3 aromatic carbocycles. The minimum atomic E-state index is -1.84. The van der Waals surface area contributed by atoms with Crippen LogP contribution in [0.1, 0.15) is 23.6 Å². The van der Waals surface area contributed by atoms with Crippen LogP contribution in [-0.4, -0.2) is 16.7 Å². The molecule has 0 saturated heterocycles. The zero-order chi connectivity index (χ0) is 19.3. The summed E-state index contributed by atoms with van der Waals surface area (Å²) >= 11 is 3.39. The molecule has 2 N–H and O–H groups in total. The predicted octanol–water partition coefficient (Wildman–Crippen LogP) is 4.23. The van der Waals surface area contributed by atoms with E-state index in [0.29, 0.717) is 16.8 Å². The molecule has 0 aliphatic heterocycles. The Morgan fingerprint density at radius 2 is 1.37 bits per heavy atom. The molecule has 3 rings (SSSR count). The number of nitrogens with one attached hydrogen (secondary N) is 1. The molecule has 0 unspecified atom stereocenters. The van der Waals surface area contributed by atoms with Gasteiger partial charge in [-0.1, -0.05) is 88.7 Å². The molecule has 5 heteroatoms. The van der Waals surface area contributed by atoms with Crippen LogP contribution in [0.15, 0.2) is 94.5 Å². The largest absolute Gasteiger partial charge is 0.372 e. The van der Waals surface area contributed by atoms with Gasteiger partial charge in [-0.2, -0.15) is 5.10 Å². The lowest BCUT2D eigenvalue weighted by atomic mass is 9.85. The number of hydrazone groups is 1. The maximum atomic E-state index is 13.0. The van der Waals surface area contributed by atoms with E-state index < -0.39 is 11.5 Å². The molecule has 3 aromatic rings. The van der Waals surface area contributed by atoms with Crippen molar-refractivity contribution in [3.05, 3.63) is 106 Å². The number of carbonyl (C=O) groups is 1. The van der Waals surface area contributed by atoms with E-state index in [1.165, 1.54) is 0 Å². The summed E-state index contributed by atoms with van der Waals surface area (Å²) < 4.78 is 0.964. The van der Waals surface area contributed by atoms with Crippen molar-refractivity contribution in [2.24, 2.45) is 5.10 Å². The lowest BCUT2D eigenvalue weighted by Gasteiger charge is -2.27. The van der Waals surface area contributed by atoms with E-state index in [4.69, 9.17) is 0 Å². The van der Waals surface area contributed by atoms with Crippen LogP contribution in [0.5, 0.6) is 0 Å². The summed E-state index contributed by atoms with van der Waals surface area (Å²) in [5, 5.41) is 15.5. The summed E-state index contributed by atoms with van der Waals surface area (Å²) in [5.74, 6) is -0.614. The van der Waals surface area contributed by atoms with Gasteiger partial charge in [-0.15, -0.1) is 0 Å². The van der Waals surface area contributed by atoms with Crippen molar-refractivity contribution in [2.45, 2.75) is 12.5 Å². The Hall–Kier alpha value is -2.76. The average Bonchev–Trinajstić information content (AvgIpc) is 2.73. The highest BCUT2D eigenvalue weighted by molar-refractivity contribution is 9.10. The third kappa shape index (κ3) is 4.15. The first-order valence-electron chi connectivity index (χ1n) is 8.46. The summed E-state index contributed by atoms with van der Waals surface area (Å²) in [5.41, 5.74) is 3.15. The first kappa shape index (κ1) is 19.0. The van der Waals surface area contributed by atoms with Crippen molar-refractivity contribution in [1.82, 2.24) is 5.43 Å². The van der Waals surface area contributed by atoms with Crippen LogP contribution in [0.4, 0.5) is 0 Å². The molecule has 0 atom stereocenters. The molecular weight excluding hydrogens is 404 g/mol. The van der Waals surface area contributed by atoms with Crippen LogP contribution in [-0.2, 0) is 10.4 Å². The van der Waals surface area contributed by atoms with Crippen molar-refractivity contribution < 1.29 is 9.90 Å². The van der Waals surface area contributed by atoms with Gasteiger partial charge in [0, 0.05) is 4.47 Å². The zero-order valence-corrected chi connectivity index (χ0v) is 16.3. The highest BCUT2D eigenvalue weighted by Crippen LogP contribution is 2.29. The smallest absolute Gasteiger partial charge is 0.281 e. The Balaban J connectivity index is 1.92. The van der Waals surface area contributed by atoms with Gasteiger partial charge in [0.15, 0.2) is 5.60 Å². The lowest BCUT2D eigenvalue weighted by Crippen LogP contribution is -2.43. The fourth-order valence-electron chi connectivity index (χ4n) is 2.76. The summed E-state index contributed by atoms with van der Waals surface area (Å²) in [6, 6.07) is 25.3. The van der Waals surface area contributed by atoms with Gasteiger partial charge in [0.2, 0.25) is 0 Å². The van der Waals surface area contributed by atoms with Gasteiger partial charge < -0.3 is 5.11 Å². The molecule has 0 fully saturated rings. The summed E-state index contributed by atoms with van der Waals surface area (Å²) in [6.45, 7) is 1.80. The van der Waals surface area contributed by atoms with Gasteiger partial charge in [-0.3, -0.25) is 4.79 Å². The van der Waals surface area contributed by atoms with Crippen LogP contribution < -0.4 is 5.43 Å². The lowest BCUT2D eigenvalue weighted by molar-refractivity contribution is -0.136. The molecule has 0 saturated carbocycles. The normalized spacial score (nSPS) is 11.9. The number of nitrogens with zero attached hydrogens (tertiary/aromatic N) is 1. The number of aliphatic hydroxyl groups is 1. The highest BCUT2D eigenvalue weighted by atomic mass is 79.9. The number of rotatable bonds is 5. The fourth-order valence-corrected chi connectivity index (χ4v) is 3.02. The van der Waals surface area contributed by atoms with Gasteiger partial charge in [0.1, 0.15) is 0 Å². The second-order valence-corrected chi connectivity index (χ2v) is 7.00. The van der Waals surface area contributed by atoms with Crippen molar-refractivity contribution >= 4 is 27.5 Å². The molecule has 0 heterocycles. The quantitative estimate of drug-likeness (QED) is 0.477. The molecule has 136 valence electrons. The average molecular weight is 423 g/mol. The second-order valence-electron chi connectivity index (χ2n) is 6.09. The number of halogens is 1. The van der Waals surface area contributed by atoms with Crippen LogP contribution in [0.2, 0.25) is 0 Å². The Kier molecular flexibility index (Phi) is 5.84. The van der Waals surface area contributed by atoms with Gasteiger partial charge >= 0.3 is 0 Å². The van der Waals surface area contributed by atoms with Gasteiger partial charge in [-0.25, -0.2) is 5.43 Å². The molecule has 0 aliphatic rings. The number of amides is 1. The van der Waals surface area contributed by atoms with Crippen molar-refractivity contribution in [3.8, 4) is 0 Å². The third-order valence-corrected chi connectivity index (χ3v) is 4.83. The third-order valence-electron chi connectivity index (χ3n) is 4.30. The molecule has 0 spiro atoms. The predicted molar refractivity (Wildman–Crippen MR) is 110 cm³/mol. The van der Waals surface area contributed by atoms with Crippen molar-refractivity contribution in [3.63, 3.8) is 0 Å². The Bertz CT molecular complexity index is 900. The molecule has 0 bridgehead atoms. The SMILES string of the molecule is C/C(=N\NC(=O)C(O)(c1ccccc1)c1ccccc1)c1ccc(Br)cc1. The first-order valence-corrected chi connectivity index (χ1v) is 9.25. The Morgan fingerprint density at radius 3 is 1.85 bits per heavy atom. The number of carbonyl (C=O) groups excluding carboxylic acids is 1. The second kappa shape index (κ2) is 8.29. The Labute approximate surface area is 166 Å². The molecule has 27 heavy (non-hydrogen) atoms. The summed E-state index contributed by atoms with van der Waals surface area (Å²) in [6.07, 6.45) is 0. The van der Waals surface area contributed by atoms with Crippen LogP contribution >= 0.6 is 15.9 Å². The fraction of sp³-hybridized carbons (Fsp3) is 0.0909. The zero-order valence-electron chi connectivity index (χ0n) is 14.8. The van der Waals surface area contributed by atoms with Crippen LogP contribution in [0.3, 0.4) is 0 Å². The maximum absolute atomic E-state index is 13.0. The van der Waals surface area contributed by atoms with E-state index in [9.17, 15) is 9.90 Å². The standard InChI is InChI=1S/C22H19BrN2O2/c1-16(17-12-14-20(23)15-13-17)24-25-21(26)22(27,18-8-4-2-5-9-18)19-10-6-3-7-11-19/h2-15,27H,1H3,(H,25,26)/b24-16+. The van der Waals surface area contributed by atoms with Crippen LogP contribution in [0, 0.1) is 0 Å². The molecule has 0 aromatic heterocycles. The van der Waals surface area contributed by atoms with E-state index in [0.717, 1.165) is 10.0 Å². The first-order chi connectivity index (χ1) is 13.0. The van der Waals surface area contributed by atoms with E-state index in [-0.39, 0.29) is 0 Å². The van der Waals surface area contributed by atoms with Crippen molar-refractivity contribution in [1.29, 1.82) is 0 Å². The molecule has 0 aliphatic carbocycles. The van der Waals surface area contributed by atoms with Gasteiger partial charge in [0.05, 0.1) is 5.71 Å². The van der Waals surface area contributed by atoms with Crippen LogP contribution in [0.25, 0.3) is 0 Å². The number of benzene rings is 3. The highest BCUT2D eigenvalue weighted by Gasteiger charge is 2.39. The van der Waals surface area contributed by atoms with E-state index in [1.807, 2.05) is 36.4 Å². The summed E-state index contributed by atoms with van der Waals surface area (Å²) in [7, 11) is 0. The summed E-state index contributed by atoms with van der Waals surface area (Å²) in [4.78, 5) is 13.0. The monoisotopic (exact) mass is 422 g/mol. The molecule has 0 radical (unpaired) electrons. The minimum Gasteiger partial charge on any atom is -0.372 e. The van der Waals surface area contributed by atoms with Gasteiger partial charge in [-0.05, 0) is 35.7 Å². The Morgan fingerprint density at radius 1 is 0.889 bits per heavy atom. The van der Waals surface area contributed by atoms with E-state index >= 15 is 0 Å². The molecule has 1 amide bonds. The van der Waals surface area contributed by atoms with E-state index in [1.54, 1.807) is 55.5 Å². The van der Waals surface area contributed by atoms with Crippen molar-refractivity contribution in [2.75, 3.05) is 0 Å². The molecule has 4 nitrogen and oxygen atoms in total. The topological polar surface area (TPSA) is 61.7 Å². The maximum Gasteiger partial charge on any atom is 0.281 e. The molecular formula is C22H19BrN2O2.